The molecule has 0 unspecified atom stereocenters. The molecule has 1 aromatic carbocycles. The number of hydrogen-bond donors (Lipinski definition) is 1. The Bertz CT molecular complexity index is 716. The van der Waals surface area contributed by atoms with E-state index in [0.29, 0.717) is 24.7 Å². The van der Waals surface area contributed by atoms with Crippen LogP contribution in [0.15, 0.2) is 59.6 Å². The molecule has 0 N–H and O–H groups in total. The Kier molecular flexibility index (Phi) is 4.98. The van der Waals surface area contributed by atoms with Crippen LogP contribution in [0.5, 0.6) is 0 Å². The number of nitrogens with zero attached hydrogens (tertiary/aromatic N) is 2. The summed E-state index contributed by atoms with van der Waals surface area (Å²) in [5.41, 5.74) is 3.06. The number of amides is 1. The fourth-order valence-corrected chi connectivity index (χ4v) is 2.67. The molecule has 0 saturated heterocycles. The van der Waals surface area contributed by atoms with Crippen molar-refractivity contribution in [1.29, 1.82) is 0 Å². The quantitative estimate of drug-likeness (QED) is 0.873. The van der Waals surface area contributed by atoms with Crippen molar-refractivity contribution < 1.29 is 9.53 Å². The van der Waals surface area contributed by atoms with E-state index in [1.807, 2.05) is 54.6 Å². The van der Waals surface area contributed by atoms with Crippen molar-refractivity contribution in [3.63, 3.8) is 0 Å². The van der Waals surface area contributed by atoms with Gasteiger partial charge >= 0.3 is 6.09 Å². The second-order valence-corrected chi connectivity index (χ2v) is 5.80. The zero-order chi connectivity index (χ0) is 16.1. The van der Waals surface area contributed by atoms with E-state index in [1.165, 1.54) is 0 Å². The maximum atomic E-state index is 12.1. The minimum atomic E-state index is -0.278. The minimum absolute atomic E-state index is 0.278. The largest absolute Gasteiger partial charge is 0.445 e. The standard InChI is InChI=1S/C18H18N2O2S/c21-18(22-13-14-5-2-1-3-6-14)20-11-9-15(10-12-20)16-7-4-8-17(23)19-16/h1-9H,10-13H2,(H,19,23). The number of ether oxygens (including phenoxy) is 1. The van der Waals surface area contributed by atoms with Crippen LogP contribution in [0.25, 0.3) is 5.57 Å². The lowest BCUT2D eigenvalue weighted by molar-refractivity contribution is 0.0998. The first-order valence-corrected chi connectivity index (χ1v) is 7.98. The summed E-state index contributed by atoms with van der Waals surface area (Å²) < 4.78 is 5.36. The summed E-state index contributed by atoms with van der Waals surface area (Å²) in [4.78, 5) is 18.2. The molecule has 2 heterocycles. The predicted molar refractivity (Wildman–Crippen MR) is 92.3 cm³/mol. The van der Waals surface area contributed by atoms with E-state index in [-0.39, 0.29) is 6.09 Å². The number of thiol groups is 1. The minimum Gasteiger partial charge on any atom is -0.445 e. The molecule has 2 aromatic rings. The molecule has 0 radical (unpaired) electrons. The highest BCUT2D eigenvalue weighted by molar-refractivity contribution is 7.80. The number of pyridine rings is 1. The van der Waals surface area contributed by atoms with Crippen LogP contribution in [0.4, 0.5) is 4.79 Å². The van der Waals surface area contributed by atoms with Crippen molar-refractivity contribution in [1.82, 2.24) is 9.88 Å². The Morgan fingerprint density at radius 1 is 1.17 bits per heavy atom. The van der Waals surface area contributed by atoms with Gasteiger partial charge in [0.05, 0.1) is 10.7 Å². The molecule has 5 heteroatoms. The van der Waals surface area contributed by atoms with E-state index in [9.17, 15) is 4.79 Å². The third-order valence-electron chi connectivity index (χ3n) is 3.74. The molecule has 1 aliphatic heterocycles. The van der Waals surface area contributed by atoms with Crippen LogP contribution in [0.2, 0.25) is 0 Å². The zero-order valence-corrected chi connectivity index (χ0v) is 13.6. The van der Waals surface area contributed by atoms with E-state index < -0.39 is 0 Å². The zero-order valence-electron chi connectivity index (χ0n) is 12.7. The summed E-state index contributed by atoms with van der Waals surface area (Å²) in [6.45, 7) is 1.48. The third-order valence-corrected chi connectivity index (χ3v) is 3.98. The van der Waals surface area contributed by atoms with Gasteiger partial charge < -0.3 is 9.64 Å². The van der Waals surface area contributed by atoms with Gasteiger partial charge in [0.15, 0.2) is 0 Å². The monoisotopic (exact) mass is 326 g/mol. The first-order chi connectivity index (χ1) is 11.2. The molecule has 1 amide bonds. The van der Waals surface area contributed by atoms with E-state index in [2.05, 4.69) is 17.6 Å². The second-order valence-electron chi connectivity index (χ2n) is 5.35. The van der Waals surface area contributed by atoms with Gasteiger partial charge in [-0.1, -0.05) is 42.5 Å². The van der Waals surface area contributed by atoms with Crippen molar-refractivity contribution in [2.45, 2.75) is 18.1 Å². The lowest BCUT2D eigenvalue weighted by atomic mass is 10.0. The van der Waals surface area contributed by atoms with Gasteiger partial charge in [-0.2, -0.15) is 0 Å². The highest BCUT2D eigenvalue weighted by Crippen LogP contribution is 2.22. The average Bonchev–Trinajstić information content (AvgIpc) is 2.61. The Hall–Kier alpha value is -2.27. The number of aromatic nitrogens is 1. The Morgan fingerprint density at radius 3 is 2.70 bits per heavy atom. The molecule has 1 aromatic heterocycles. The normalized spacial score (nSPS) is 14.3. The number of rotatable bonds is 3. The van der Waals surface area contributed by atoms with Gasteiger partial charge in [0.1, 0.15) is 6.61 Å². The molecule has 0 spiro atoms. The van der Waals surface area contributed by atoms with Gasteiger partial charge in [0.2, 0.25) is 0 Å². The van der Waals surface area contributed by atoms with Crippen LogP contribution in [0, 0.1) is 0 Å². The van der Waals surface area contributed by atoms with Gasteiger partial charge in [-0.05, 0) is 29.7 Å². The first-order valence-electron chi connectivity index (χ1n) is 7.53. The molecule has 1 aliphatic rings. The molecule has 0 fully saturated rings. The van der Waals surface area contributed by atoms with Crippen molar-refractivity contribution in [3.8, 4) is 0 Å². The summed E-state index contributed by atoms with van der Waals surface area (Å²) in [5.74, 6) is 0. The summed E-state index contributed by atoms with van der Waals surface area (Å²) in [5, 5.41) is 0.702. The summed E-state index contributed by atoms with van der Waals surface area (Å²) in [6, 6.07) is 15.4. The van der Waals surface area contributed by atoms with Crippen molar-refractivity contribution in [2.24, 2.45) is 0 Å². The topological polar surface area (TPSA) is 42.4 Å². The van der Waals surface area contributed by atoms with Gasteiger partial charge in [0, 0.05) is 13.1 Å². The number of benzene rings is 1. The number of carbonyl (C=O) groups is 1. The lowest BCUT2D eigenvalue weighted by Crippen LogP contribution is -2.35. The van der Waals surface area contributed by atoms with Crippen LogP contribution in [-0.2, 0) is 11.3 Å². The van der Waals surface area contributed by atoms with Gasteiger partial charge in [-0.15, -0.1) is 12.6 Å². The molecule has 23 heavy (non-hydrogen) atoms. The summed E-state index contributed by atoms with van der Waals surface area (Å²) in [7, 11) is 0. The summed E-state index contributed by atoms with van der Waals surface area (Å²) >= 11 is 4.26. The molecule has 0 aliphatic carbocycles. The molecule has 4 nitrogen and oxygen atoms in total. The molecule has 0 bridgehead atoms. The van der Waals surface area contributed by atoms with Crippen LogP contribution in [0.1, 0.15) is 17.7 Å². The second kappa shape index (κ2) is 7.33. The van der Waals surface area contributed by atoms with Crippen molar-refractivity contribution in [3.05, 3.63) is 65.9 Å². The smallest absolute Gasteiger partial charge is 0.410 e. The maximum absolute atomic E-state index is 12.1. The van der Waals surface area contributed by atoms with E-state index in [1.54, 1.807) is 4.90 Å². The molecule has 0 atom stereocenters. The predicted octanol–water partition coefficient (Wildman–Crippen LogP) is 3.80. The Labute approximate surface area is 141 Å². The highest BCUT2D eigenvalue weighted by Gasteiger charge is 2.19. The molecule has 3 rings (SSSR count). The van der Waals surface area contributed by atoms with Gasteiger partial charge in [-0.25, -0.2) is 9.78 Å². The fraction of sp³-hybridized carbons (Fsp3) is 0.222. The third kappa shape index (κ3) is 4.13. The summed E-state index contributed by atoms with van der Waals surface area (Å²) in [6.07, 6.45) is 2.52. The number of hydrogen-bond acceptors (Lipinski definition) is 4. The maximum Gasteiger partial charge on any atom is 0.410 e. The number of carbonyl (C=O) groups excluding carboxylic acids is 1. The van der Waals surface area contributed by atoms with E-state index in [0.717, 1.165) is 23.3 Å². The lowest BCUT2D eigenvalue weighted by Gasteiger charge is -2.25. The van der Waals surface area contributed by atoms with Crippen molar-refractivity contribution >= 4 is 24.3 Å². The van der Waals surface area contributed by atoms with Gasteiger partial charge in [-0.3, -0.25) is 0 Å². The molecule has 118 valence electrons. The highest BCUT2D eigenvalue weighted by atomic mass is 32.1. The molecular formula is C18H18N2O2S. The van der Waals surface area contributed by atoms with Crippen LogP contribution in [-0.4, -0.2) is 29.1 Å². The average molecular weight is 326 g/mol. The van der Waals surface area contributed by atoms with E-state index in [4.69, 9.17) is 4.74 Å². The molecular weight excluding hydrogens is 308 g/mol. The van der Waals surface area contributed by atoms with Crippen LogP contribution < -0.4 is 0 Å². The van der Waals surface area contributed by atoms with Crippen LogP contribution in [0.3, 0.4) is 0 Å². The first kappa shape index (κ1) is 15.6. The van der Waals surface area contributed by atoms with E-state index >= 15 is 0 Å². The SMILES string of the molecule is O=C(OCc1ccccc1)N1CC=C(c2cccc(S)n2)CC1. The Balaban J connectivity index is 1.56. The molecule has 0 saturated carbocycles. The van der Waals surface area contributed by atoms with Crippen LogP contribution >= 0.6 is 12.6 Å². The van der Waals surface area contributed by atoms with Gasteiger partial charge in [0.25, 0.3) is 0 Å². The fourth-order valence-electron chi connectivity index (χ4n) is 2.48. The Morgan fingerprint density at radius 2 is 2.00 bits per heavy atom. The van der Waals surface area contributed by atoms with Crippen molar-refractivity contribution in [2.75, 3.05) is 13.1 Å².